The molecule has 3 nitrogen and oxygen atoms in total. The Hall–Kier alpha value is -0.590. The fraction of sp³-hybridized carbons (Fsp3) is 0.909. The smallest absolute Gasteiger partial charge is 0.101 e. The Morgan fingerprint density at radius 1 is 1.21 bits per heavy atom. The first-order valence-corrected chi connectivity index (χ1v) is 5.63. The lowest BCUT2D eigenvalue weighted by molar-refractivity contribution is 0.0433. The van der Waals surface area contributed by atoms with Crippen LogP contribution >= 0.6 is 0 Å². The minimum atomic E-state index is 0.154. The van der Waals surface area contributed by atoms with Crippen molar-refractivity contribution in [3.8, 4) is 6.07 Å². The molecule has 0 N–H and O–H groups in total. The zero-order valence-electron chi connectivity index (χ0n) is 8.61. The molecule has 0 aromatic carbocycles. The van der Waals surface area contributed by atoms with Gasteiger partial charge in [-0.05, 0) is 44.7 Å². The lowest BCUT2D eigenvalue weighted by atomic mass is 9.92. The maximum Gasteiger partial charge on any atom is 0.101 e. The van der Waals surface area contributed by atoms with Gasteiger partial charge in [0.2, 0.25) is 0 Å². The molecule has 0 saturated carbocycles. The van der Waals surface area contributed by atoms with Gasteiger partial charge < -0.3 is 4.74 Å². The van der Waals surface area contributed by atoms with Gasteiger partial charge in [-0.15, -0.1) is 0 Å². The van der Waals surface area contributed by atoms with Gasteiger partial charge in [-0.1, -0.05) is 0 Å². The second-order valence-electron chi connectivity index (χ2n) is 4.27. The van der Waals surface area contributed by atoms with E-state index in [1.165, 1.54) is 12.8 Å². The van der Waals surface area contributed by atoms with Crippen LogP contribution in [0, 0.1) is 17.2 Å². The molecule has 0 aromatic rings. The normalized spacial score (nSPS) is 27.4. The maximum atomic E-state index is 9.21. The lowest BCUT2D eigenvalue weighted by Crippen LogP contribution is -2.40. The van der Waals surface area contributed by atoms with E-state index in [1.807, 2.05) is 0 Å². The number of nitrogens with zero attached hydrogens (tertiary/aromatic N) is 2. The van der Waals surface area contributed by atoms with Crippen LogP contribution in [0.3, 0.4) is 0 Å². The molecule has 2 heterocycles. The third kappa shape index (κ3) is 2.08. The Labute approximate surface area is 85.6 Å². The van der Waals surface area contributed by atoms with Gasteiger partial charge in [0.1, 0.15) is 6.04 Å². The fourth-order valence-electron chi connectivity index (χ4n) is 2.54. The summed E-state index contributed by atoms with van der Waals surface area (Å²) in [6, 6.07) is 2.64. The number of hydrogen-bond donors (Lipinski definition) is 0. The van der Waals surface area contributed by atoms with Crippen LogP contribution in [0.25, 0.3) is 0 Å². The van der Waals surface area contributed by atoms with Gasteiger partial charge in [0, 0.05) is 13.2 Å². The maximum absolute atomic E-state index is 9.21. The molecule has 0 spiro atoms. The van der Waals surface area contributed by atoms with E-state index < -0.39 is 0 Å². The highest BCUT2D eigenvalue weighted by Gasteiger charge is 2.30. The molecule has 2 saturated heterocycles. The first-order valence-electron chi connectivity index (χ1n) is 5.63. The van der Waals surface area contributed by atoms with Gasteiger partial charge in [0.15, 0.2) is 0 Å². The molecule has 1 unspecified atom stereocenters. The van der Waals surface area contributed by atoms with E-state index in [-0.39, 0.29) is 6.04 Å². The van der Waals surface area contributed by atoms with Crippen molar-refractivity contribution in [2.75, 3.05) is 26.3 Å². The number of nitriles is 1. The van der Waals surface area contributed by atoms with Crippen LogP contribution in [0.2, 0.25) is 0 Å². The Morgan fingerprint density at radius 2 is 1.86 bits per heavy atom. The third-order valence-electron chi connectivity index (χ3n) is 3.38. The van der Waals surface area contributed by atoms with Crippen molar-refractivity contribution >= 4 is 0 Å². The van der Waals surface area contributed by atoms with Crippen molar-refractivity contribution in [3.05, 3.63) is 0 Å². The predicted molar refractivity (Wildman–Crippen MR) is 53.8 cm³/mol. The van der Waals surface area contributed by atoms with E-state index in [0.717, 1.165) is 39.1 Å². The summed E-state index contributed by atoms with van der Waals surface area (Å²) in [5, 5.41) is 9.21. The molecule has 0 aromatic heterocycles. The van der Waals surface area contributed by atoms with Gasteiger partial charge in [-0.25, -0.2) is 0 Å². The quantitative estimate of drug-likeness (QED) is 0.666. The molecule has 0 bridgehead atoms. The predicted octanol–water partition coefficient (Wildman–Crippen LogP) is 1.40. The molecular formula is C11H18N2O. The molecule has 3 heteroatoms. The van der Waals surface area contributed by atoms with Crippen molar-refractivity contribution in [1.29, 1.82) is 5.26 Å². The number of ether oxygens (including phenoxy) is 1. The molecule has 0 amide bonds. The number of likely N-dealkylation sites (tertiary alicyclic amines) is 1. The van der Waals surface area contributed by atoms with Crippen LogP contribution in [-0.4, -0.2) is 37.2 Å². The van der Waals surface area contributed by atoms with E-state index in [9.17, 15) is 5.26 Å². The number of rotatable bonds is 2. The number of hydrogen-bond acceptors (Lipinski definition) is 3. The summed E-state index contributed by atoms with van der Waals surface area (Å²) in [4.78, 5) is 2.36. The van der Waals surface area contributed by atoms with Gasteiger partial charge >= 0.3 is 0 Å². The molecule has 14 heavy (non-hydrogen) atoms. The first kappa shape index (κ1) is 9.95. The van der Waals surface area contributed by atoms with Crippen molar-refractivity contribution < 1.29 is 4.74 Å². The van der Waals surface area contributed by atoms with Crippen molar-refractivity contribution in [2.45, 2.75) is 31.7 Å². The second-order valence-corrected chi connectivity index (χ2v) is 4.27. The summed E-state index contributed by atoms with van der Waals surface area (Å²) in [7, 11) is 0. The van der Waals surface area contributed by atoms with Gasteiger partial charge in [0.05, 0.1) is 6.07 Å². The van der Waals surface area contributed by atoms with E-state index in [4.69, 9.17) is 4.74 Å². The van der Waals surface area contributed by atoms with E-state index in [1.54, 1.807) is 0 Å². The fourth-order valence-corrected chi connectivity index (χ4v) is 2.54. The Kier molecular flexibility index (Phi) is 3.39. The van der Waals surface area contributed by atoms with Crippen LogP contribution in [0.15, 0.2) is 0 Å². The zero-order valence-corrected chi connectivity index (χ0v) is 8.61. The summed E-state index contributed by atoms with van der Waals surface area (Å²) in [6.45, 7) is 3.93. The third-order valence-corrected chi connectivity index (χ3v) is 3.38. The minimum Gasteiger partial charge on any atom is -0.381 e. The van der Waals surface area contributed by atoms with Gasteiger partial charge in [0.25, 0.3) is 0 Å². The van der Waals surface area contributed by atoms with Crippen molar-refractivity contribution in [1.82, 2.24) is 4.90 Å². The molecule has 1 atom stereocenters. The molecule has 0 aliphatic carbocycles. The average Bonchev–Trinajstić information content (AvgIpc) is 2.74. The molecule has 2 rings (SSSR count). The standard InChI is InChI=1S/C11H18N2O/c12-9-11(13-5-1-2-6-13)10-3-7-14-8-4-10/h10-11H,1-8H2. The lowest BCUT2D eigenvalue weighted by Gasteiger charge is -2.31. The highest BCUT2D eigenvalue weighted by molar-refractivity contribution is 4.98. The van der Waals surface area contributed by atoms with Crippen LogP contribution in [0.5, 0.6) is 0 Å². The SMILES string of the molecule is N#CC(C1CCOCC1)N1CCCC1. The van der Waals surface area contributed by atoms with Crippen molar-refractivity contribution in [2.24, 2.45) is 5.92 Å². The zero-order chi connectivity index (χ0) is 9.80. The summed E-state index contributed by atoms with van der Waals surface area (Å²) in [6.07, 6.45) is 4.66. The van der Waals surface area contributed by atoms with E-state index in [0.29, 0.717) is 5.92 Å². The average molecular weight is 194 g/mol. The summed E-state index contributed by atoms with van der Waals surface area (Å²) in [5.41, 5.74) is 0. The second kappa shape index (κ2) is 4.77. The molecule has 0 radical (unpaired) electrons. The first-order chi connectivity index (χ1) is 6.92. The van der Waals surface area contributed by atoms with E-state index >= 15 is 0 Å². The summed E-state index contributed by atoms with van der Waals surface area (Å²) < 4.78 is 5.33. The highest BCUT2D eigenvalue weighted by Crippen LogP contribution is 2.25. The minimum absolute atomic E-state index is 0.154. The summed E-state index contributed by atoms with van der Waals surface area (Å²) >= 11 is 0. The molecule has 78 valence electrons. The van der Waals surface area contributed by atoms with Crippen molar-refractivity contribution in [3.63, 3.8) is 0 Å². The van der Waals surface area contributed by atoms with Gasteiger partial charge in [-0.2, -0.15) is 5.26 Å². The van der Waals surface area contributed by atoms with Crippen LogP contribution in [0.4, 0.5) is 0 Å². The monoisotopic (exact) mass is 194 g/mol. The Bertz CT molecular complexity index is 212. The highest BCUT2D eigenvalue weighted by atomic mass is 16.5. The van der Waals surface area contributed by atoms with Crippen LogP contribution in [0.1, 0.15) is 25.7 Å². The molecular weight excluding hydrogens is 176 g/mol. The van der Waals surface area contributed by atoms with Crippen LogP contribution < -0.4 is 0 Å². The molecule has 2 fully saturated rings. The topological polar surface area (TPSA) is 36.3 Å². The van der Waals surface area contributed by atoms with Gasteiger partial charge in [-0.3, -0.25) is 4.90 Å². The molecule has 2 aliphatic rings. The Morgan fingerprint density at radius 3 is 2.43 bits per heavy atom. The van der Waals surface area contributed by atoms with Crippen LogP contribution in [-0.2, 0) is 4.74 Å². The van der Waals surface area contributed by atoms with E-state index in [2.05, 4.69) is 11.0 Å². The molecule has 2 aliphatic heterocycles. The Balaban J connectivity index is 1.93. The summed E-state index contributed by atoms with van der Waals surface area (Å²) in [5.74, 6) is 0.548. The largest absolute Gasteiger partial charge is 0.381 e.